The third-order valence-corrected chi connectivity index (χ3v) is 4.75. The number of nitrogens with zero attached hydrogens (tertiary/aromatic N) is 3. The number of aromatic nitrogens is 2. The number of halogens is 1. The van der Waals surface area contributed by atoms with E-state index in [0.717, 1.165) is 18.8 Å². The number of hydrogen-bond donors (Lipinski definition) is 1. The summed E-state index contributed by atoms with van der Waals surface area (Å²) in [5.74, 6) is 0.567. The van der Waals surface area contributed by atoms with E-state index in [1.54, 1.807) is 23.1 Å². The molecule has 0 radical (unpaired) electrons. The molecule has 6 nitrogen and oxygen atoms in total. The van der Waals surface area contributed by atoms with Gasteiger partial charge in [-0.2, -0.15) is 5.10 Å². The van der Waals surface area contributed by atoms with Crippen LogP contribution in [0.25, 0.3) is 17.1 Å². The molecule has 2 aromatic heterocycles. The van der Waals surface area contributed by atoms with E-state index in [2.05, 4.69) is 10.4 Å². The van der Waals surface area contributed by atoms with Crippen LogP contribution in [0, 0.1) is 0 Å². The van der Waals surface area contributed by atoms with Crippen molar-refractivity contribution in [1.29, 1.82) is 0 Å². The van der Waals surface area contributed by atoms with Gasteiger partial charge in [0.1, 0.15) is 5.69 Å². The van der Waals surface area contributed by atoms with E-state index in [-0.39, 0.29) is 11.9 Å². The number of nitrogens with one attached hydrogen (secondary N) is 1. The highest BCUT2D eigenvalue weighted by Gasteiger charge is 2.27. The molecule has 134 valence electrons. The van der Waals surface area contributed by atoms with Crippen LogP contribution in [0.1, 0.15) is 17.4 Å². The van der Waals surface area contributed by atoms with E-state index >= 15 is 0 Å². The molecule has 1 saturated heterocycles. The van der Waals surface area contributed by atoms with E-state index in [1.165, 1.54) is 0 Å². The SMILES string of the molecule is CC1CNCCN1C(=O)c1cc(-c2ccco2)n(-c2cccc(Cl)c2)n1. The first-order valence-corrected chi connectivity index (χ1v) is 8.93. The number of rotatable bonds is 3. The first kappa shape index (κ1) is 16.9. The van der Waals surface area contributed by atoms with Gasteiger partial charge in [0.25, 0.3) is 5.91 Å². The third kappa shape index (κ3) is 3.13. The monoisotopic (exact) mass is 370 g/mol. The highest BCUT2D eigenvalue weighted by Crippen LogP contribution is 2.26. The molecule has 3 heterocycles. The maximum Gasteiger partial charge on any atom is 0.274 e. The summed E-state index contributed by atoms with van der Waals surface area (Å²) in [6, 6.07) is 12.9. The zero-order valence-corrected chi connectivity index (χ0v) is 15.1. The van der Waals surface area contributed by atoms with Crippen LogP contribution in [-0.2, 0) is 0 Å². The molecule has 26 heavy (non-hydrogen) atoms. The van der Waals surface area contributed by atoms with Crippen LogP contribution >= 0.6 is 11.6 Å². The molecule has 4 rings (SSSR count). The third-order valence-electron chi connectivity index (χ3n) is 4.52. The molecule has 1 fully saturated rings. The van der Waals surface area contributed by atoms with Gasteiger partial charge in [-0.1, -0.05) is 17.7 Å². The zero-order chi connectivity index (χ0) is 18.1. The van der Waals surface area contributed by atoms with E-state index in [0.29, 0.717) is 28.7 Å². The van der Waals surface area contributed by atoms with Crippen molar-refractivity contribution in [2.24, 2.45) is 0 Å². The van der Waals surface area contributed by atoms with Gasteiger partial charge in [-0.15, -0.1) is 0 Å². The highest BCUT2D eigenvalue weighted by molar-refractivity contribution is 6.30. The van der Waals surface area contributed by atoms with Crippen molar-refractivity contribution in [3.63, 3.8) is 0 Å². The summed E-state index contributed by atoms with van der Waals surface area (Å²) in [6.07, 6.45) is 1.60. The predicted octanol–water partition coefficient (Wildman–Crippen LogP) is 3.22. The Hall–Kier alpha value is -2.57. The normalized spacial score (nSPS) is 17.5. The van der Waals surface area contributed by atoms with Crippen LogP contribution in [0.5, 0.6) is 0 Å². The number of carbonyl (C=O) groups is 1. The maximum absolute atomic E-state index is 13.0. The molecule has 1 aromatic carbocycles. The fourth-order valence-corrected chi connectivity index (χ4v) is 3.36. The van der Waals surface area contributed by atoms with Gasteiger partial charge in [0.05, 0.1) is 12.0 Å². The van der Waals surface area contributed by atoms with Crippen molar-refractivity contribution in [2.75, 3.05) is 19.6 Å². The first-order chi connectivity index (χ1) is 12.6. The van der Waals surface area contributed by atoms with Gasteiger partial charge in [0.2, 0.25) is 0 Å². The van der Waals surface area contributed by atoms with Crippen molar-refractivity contribution >= 4 is 17.5 Å². The summed E-state index contributed by atoms with van der Waals surface area (Å²) in [6.45, 7) is 4.27. The van der Waals surface area contributed by atoms with Gasteiger partial charge in [-0.25, -0.2) is 4.68 Å². The van der Waals surface area contributed by atoms with Gasteiger partial charge in [-0.05, 0) is 37.3 Å². The van der Waals surface area contributed by atoms with Gasteiger partial charge >= 0.3 is 0 Å². The molecule has 1 N–H and O–H groups in total. The average Bonchev–Trinajstić information content (AvgIpc) is 3.31. The summed E-state index contributed by atoms with van der Waals surface area (Å²) in [5.41, 5.74) is 1.88. The number of furan rings is 1. The fourth-order valence-electron chi connectivity index (χ4n) is 3.18. The maximum atomic E-state index is 13.0. The average molecular weight is 371 g/mol. The van der Waals surface area contributed by atoms with Crippen molar-refractivity contribution < 1.29 is 9.21 Å². The summed E-state index contributed by atoms with van der Waals surface area (Å²) in [5, 5.41) is 8.47. The number of hydrogen-bond acceptors (Lipinski definition) is 4. The Kier molecular flexibility index (Phi) is 4.53. The summed E-state index contributed by atoms with van der Waals surface area (Å²) < 4.78 is 7.24. The minimum atomic E-state index is -0.0763. The lowest BCUT2D eigenvalue weighted by atomic mass is 10.2. The lowest BCUT2D eigenvalue weighted by Gasteiger charge is -2.33. The molecule has 7 heteroatoms. The molecule has 0 spiro atoms. The lowest BCUT2D eigenvalue weighted by molar-refractivity contribution is 0.0649. The molecule has 1 atom stereocenters. The van der Waals surface area contributed by atoms with Crippen molar-refractivity contribution in [3.05, 3.63) is 59.4 Å². The quantitative estimate of drug-likeness (QED) is 0.768. The topological polar surface area (TPSA) is 63.3 Å². The molecule has 1 aliphatic heterocycles. The molecule has 0 bridgehead atoms. The highest BCUT2D eigenvalue weighted by atomic mass is 35.5. The Bertz CT molecular complexity index is 920. The van der Waals surface area contributed by atoms with Gasteiger partial charge in [0, 0.05) is 36.8 Å². The van der Waals surface area contributed by atoms with E-state index in [4.69, 9.17) is 16.0 Å². The molecule has 0 saturated carbocycles. The van der Waals surface area contributed by atoms with Crippen LogP contribution in [0.2, 0.25) is 5.02 Å². The van der Waals surface area contributed by atoms with Crippen molar-refractivity contribution in [1.82, 2.24) is 20.0 Å². The van der Waals surface area contributed by atoms with E-state index in [1.807, 2.05) is 42.2 Å². The summed E-state index contributed by atoms with van der Waals surface area (Å²) in [7, 11) is 0. The Labute approximate surface area is 156 Å². The second-order valence-electron chi connectivity index (χ2n) is 6.34. The van der Waals surface area contributed by atoms with Gasteiger partial charge < -0.3 is 14.6 Å². The lowest BCUT2D eigenvalue weighted by Crippen LogP contribution is -2.52. The Balaban J connectivity index is 1.77. The van der Waals surface area contributed by atoms with Crippen LogP contribution in [-0.4, -0.2) is 46.3 Å². The van der Waals surface area contributed by atoms with Gasteiger partial charge in [-0.3, -0.25) is 4.79 Å². The number of carbonyl (C=O) groups excluding carboxylic acids is 1. The number of amides is 1. The summed E-state index contributed by atoms with van der Waals surface area (Å²) >= 11 is 6.14. The standard InChI is InChI=1S/C19H19ClN4O2/c1-13-12-21-7-8-23(13)19(25)16-11-17(18-6-3-9-26-18)24(22-16)15-5-2-4-14(20)10-15/h2-6,9-11,13,21H,7-8,12H2,1H3. The minimum Gasteiger partial charge on any atom is -0.463 e. The first-order valence-electron chi connectivity index (χ1n) is 8.55. The van der Waals surface area contributed by atoms with Gasteiger partial charge in [0.15, 0.2) is 11.5 Å². The minimum absolute atomic E-state index is 0.0763. The molecule has 1 aliphatic rings. The second-order valence-corrected chi connectivity index (χ2v) is 6.77. The van der Waals surface area contributed by atoms with Crippen LogP contribution in [0.15, 0.2) is 53.1 Å². The second kappa shape index (κ2) is 6.97. The smallest absolute Gasteiger partial charge is 0.274 e. The fraction of sp³-hybridized carbons (Fsp3) is 0.263. The number of piperazine rings is 1. The summed E-state index contributed by atoms with van der Waals surface area (Å²) in [4.78, 5) is 14.9. The Morgan fingerprint density at radius 3 is 2.92 bits per heavy atom. The largest absolute Gasteiger partial charge is 0.463 e. The Morgan fingerprint density at radius 2 is 2.19 bits per heavy atom. The van der Waals surface area contributed by atoms with E-state index in [9.17, 15) is 4.79 Å². The predicted molar refractivity (Wildman–Crippen MR) is 99.6 cm³/mol. The van der Waals surface area contributed by atoms with Crippen LogP contribution in [0.4, 0.5) is 0 Å². The van der Waals surface area contributed by atoms with E-state index < -0.39 is 0 Å². The van der Waals surface area contributed by atoms with Crippen molar-refractivity contribution in [3.8, 4) is 17.1 Å². The molecule has 1 amide bonds. The Morgan fingerprint density at radius 1 is 1.31 bits per heavy atom. The molecular weight excluding hydrogens is 352 g/mol. The molecule has 3 aromatic rings. The molecule has 1 unspecified atom stereocenters. The van der Waals surface area contributed by atoms with Crippen LogP contribution in [0.3, 0.4) is 0 Å². The zero-order valence-electron chi connectivity index (χ0n) is 14.4. The van der Waals surface area contributed by atoms with Crippen molar-refractivity contribution in [2.45, 2.75) is 13.0 Å². The number of benzene rings is 1. The molecular formula is C19H19ClN4O2. The van der Waals surface area contributed by atoms with Crippen LogP contribution < -0.4 is 5.32 Å². The molecule has 0 aliphatic carbocycles.